The van der Waals surface area contributed by atoms with Crippen LogP contribution in [0.1, 0.15) is 10.4 Å². The molecule has 1 N–H and O–H groups in total. The number of thiazole rings is 1. The Morgan fingerprint density at radius 3 is 2.62 bits per heavy atom. The van der Waals surface area contributed by atoms with Crippen molar-refractivity contribution in [2.24, 2.45) is 0 Å². The fourth-order valence-electron chi connectivity index (χ4n) is 1.91. The molecule has 9 heteroatoms. The third-order valence-electron chi connectivity index (χ3n) is 3.13. The molecular formula is C15H11N3O4S2. The van der Waals surface area contributed by atoms with Crippen LogP contribution in [-0.4, -0.2) is 22.9 Å². The molecule has 3 rings (SSSR count). The average molecular weight is 361 g/mol. The van der Waals surface area contributed by atoms with Gasteiger partial charge in [0, 0.05) is 17.0 Å². The molecule has 24 heavy (non-hydrogen) atoms. The molecule has 0 fully saturated rings. The molecule has 0 spiro atoms. The summed E-state index contributed by atoms with van der Waals surface area (Å²) in [5, 5.41) is 17.1. The number of hydrogen-bond acceptors (Lipinski definition) is 7. The van der Waals surface area contributed by atoms with Crippen molar-refractivity contribution in [1.82, 2.24) is 4.98 Å². The van der Waals surface area contributed by atoms with E-state index in [0.717, 1.165) is 0 Å². The quantitative estimate of drug-likeness (QED) is 0.547. The predicted molar refractivity (Wildman–Crippen MR) is 93.0 cm³/mol. The predicted octanol–water partition coefficient (Wildman–Crippen LogP) is 4.04. The van der Waals surface area contributed by atoms with E-state index < -0.39 is 4.92 Å². The first kappa shape index (κ1) is 16.1. The maximum Gasteiger partial charge on any atom is 0.280 e. The molecule has 7 nitrogen and oxygen atoms in total. The van der Waals surface area contributed by atoms with Crippen LogP contribution in [0.5, 0.6) is 5.75 Å². The Morgan fingerprint density at radius 1 is 1.25 bits per heavy atom. The number of nitrogens with zero attached hydrogens (tertiary/aromatic N) is 2. The molecule has 3 aromatic rings. The number of ether oxygens (including phenoxy) is 1. The van der Waals surface area contributed by atoms with Gasteiger partial charge >= 0.3 is 0 Å². The summed E-state index contributed by atoms with van der Waals surface area (Å²) in [6.45, 7) is 0. The number of anilines is 1. The van der Waals surface area contributed by atoms with Gasteiger partial charge in [0.15, 0.2) is 5.13 Å². The van der Waals surface area contributed by atoms with Gasteiger partial charge < -0.3 is 4.74 Å². The highest BCUT2D eigenvalue weighted by Gasteiger charge is 2.14. The summed E-state index contributed by atoms with van der Waals surface area (Å²) in [6, 6.07) is 8.19. The second-order valence-corrected chi connectivity index (χ2v) is 6.42. The van der Waals surface area contributed by atoms with Gasteiger partial charge in [0.05, 0.1) is 28.0 Å². The molecular weight excluding hydrogens is 350 g/mol. The lowest BCUT2D eigenvalue weighted by Crippen LogP contribution is -2.11. The Morgan fingerprint density at radius 2 is 2.00 bits per heavy atom. The van der Waals surface area contributed by atoms with E-state index >= 15 is 0 Å². The van der Waals surface area contributed by atoms with Crippen LogP contribution in [-0.2, 0) is 0 Å². The molecule has 1 aromatic carbocycles. The number of methoxy groups -OCH3 is 1. The van der Waals surface area contributed by atoms with Crippen LogP contribution < -0.4 is 10.1 Å². The Labute approximate surface area is 144 Å². The number of hydrogen-bond donors (Lipinski definition) is 1. The maximum atomic E-state index is 12.2. The van der Waals surface area contributed by atoms with E-state index in [4.69, 9.17) is 4.74 Å². The van der Waals surface area contributed by atoms with E-state index in [2.05, 4.69) is 10.3 Å². The maximum absolute atomic E-state index is 12.2. The van der Waals surface area contributed by atoms with Gasteiger partial charge in [-0.05, 0) is 24.3 Å². The minimum Gasteiger partial charge on any atom is -0.497 e. The van der Waals surface area contributed by atoms with Crippen molar-refractivity contribution in [3.8, 4) is 16.3 Å². The molecule has 0 saturated carbocycles. The Bertz CT molecular complexity index is 886. The number of aromatic nitrogens is 1. The van der Waals surface area contributed by atoms with Gasteiger partial charge in [-0.15, -0.1) is 22.7 Å². The summed E-state index contributed by atoms with van der Waals surface area (Å²) < 4.78 is 5.05. The van der Waals surface area contributed by atoms with Gasteiger partial charge in [0.1, 0.15) is 5.75 Å². The average Bonchev–Trinajstić information content (AvgIpc) is 3.24. The number of carbonyl (C=O) groups excluding carboxylic acids is 1. The van der Waals surface area contributed by atoms with Crippen LogP contribution in [0.4, 0.5) is 10.8 Å². The molecule has 122 valence electrons. The second kappa shape index (κ2) is 6.77. The standard InChI is InChI=1S/C15H11N3O4S2/c1-22-11-4-2-9(3-5-11)14(19)17-15-16-12(8-24-15)13-6-10(7-23-13)18(20)21/h2-8H,1H3,(H,16,17,19). The largest absolute Gasteiger partial charge is 0.497 e. The summed E-state index contributed by atoms with van der Waals surface area (Å²) in [5.74, 6) is 0.387. The molecule has 2 aromatic heterocycles. The van der Waals surface area contributed by atoms with Crippen LogP contribution in [0.3, 0.4) is 0 Å². The zero-order valence-corrected chi connectivity index (χ0v) is 14.0. The third kappa shape index (κ3) is 3.42. The van der Waals surface area contributed by atoms with Crippen LogP contribution in [0, 0.1) is 10.1 Å². The number of carbonyl (C=O) groups is 1. The van der Waals surface area contributed by atoms with Crippen molar-refractivity contribution in [3.63, 3.8) is 0 Å². The van der Waals surface area contributed by atoms with Crippen LogP contribution in [0.2, 0.25) is 0 Å². The lowest BCUT2D eigenvalue weighted by atomic mass is 10.2. The van der Waals surface area contributed by atoms with Gasteiger partial charge in [-0.3, -0.25) is 20.2 Å². The summed E-state index contributed by atoms with van der Waals surface area (Å²) in [5.41, 5.74) is 1.12. The monoisotopic (exact) mass is 361 g/mol. The molecule has 0 aliphatic rings. The van der Waals surface area contributed by atoms with Crippen molar-refractivity contribution in [3.05, 3.63) is 56.8 Å². The fourth-order valence-corrected chi connectivity index (χ4v) is 3.51. The van der Waals surface area contributed by atoms with Crippen LogP contribution in [0.25, 0.3) is 10.6 Å². The molecule has 0 bridgehead atoms. The Kier molecular flexibility index (Phi) is 4.54. The first-order valence-electron chi connectivity index (χ1n) is 6.71. The van der Waals surface area contributed by atoms with Gasteiger partial charge in [-0.1, -0.05) is 0 Å². The summed E-state index contributed by atoms with van der Waals surface area (Å²) in [7, 11) is 1.56. The van der Waals surface area contributed by atoms with E-state index in [1.54, 1.807) is 36.8 Å². The van der Waals surface area contributed by atoms with Crippen molar-refractivity contribution in [2.75, 3.05) is 12.4 Å². The van der Waals surface area contributed by atoms with E-state index in [-0.39, 0.29) is 11.6 Å². The molecule has 1 amide bonds. The van der Waals surface area contributed by atoms with E-state index in [0.29, 0.717) is 27.0 Å². The minimum atomic E-state index is -0.446. The lowest BCUT2D eigenvalue weighted by Gasteiger charge is -2.03. The minimum absolute atomic E-state index is 0.0341. The van der Waals surface area contributed by atoms with Gasteiger partial charge in [0.2, 0.25) is 0 Å². The highest BCUT2D eigenvalue weighted by atomic mass is 32.1. The van der Waals surface area contributed by atoms with Crippen molar-refractivity contribution >= 4 is 39.4 Å². The fraction of sp³-hybridized carbons (Fsp3) is 0.0667. The third-order valence-corrected chi connectivity index (χ3v) is 4.82. The highest BCUT2D eigenvalue weighted by molar-refractivity contribution is 7.16. The zero-order chi connectivity index (χ0) is 17.1. The van der Waals surface area contributed by atoms with Crippen molar-refractivity contribution in [1.29, 1.82) is 0 Å². The van der Waals surface area contributed by atoms with Crippen LogP contribution >= 0.6 is 22.7 Å². The summed E-state index contributed by atoms with van der Waals surface area (Å²) >= 11 is 2.50. The van der Waals surface area contributed by atoms with E-state index in [1.165, 1.54) is 34.1 Å². The highest BCUT2D eigenvalue weighted by Crippen LogP contribution is 2.32. The first-order valence-corrected chi connectivity index (χ1v) is 8.47. The normalized spacial score (nSPS) is 10.4. The summed E-state index contributed by atoms with van der Waals surface area (Å²) in [4.78, 5) is 27.4. The number of thiophene rings is 1. The topological polar surface area (TPSA) is 94.4 Å². The SMILES string of the molecule is COc1ccc(C(=O)Nc2nc(-c3cc([N+](=O)[O-])cs3)cs2)cc1. The summed E-state index contributed by atoms with van der Waals surface area (Å²) in [6.07, 6.45) is 0. The second-order valence-electron chi connectivity index (χ2n) is 4.65. The van der Waals surface area contributed by atoms with Gasteiger partial charge in [-0.2, -0.15) is 0 Å². The lowest BCUT2D eigenvalue weighted by molar-refractivity contribution is -0.384. The van der Waals surface area contributed by atoms with Crippen molar-refractivity contribution < 1.29 is 14.5 Å². The van der Waals surface area contributed by atoms with E-state index in [9.17, 15) is 14.9 Å². The van der Waals surface area contributed by atoms with Crippen molar-refractivity contribution in [2.45, 2.75) is 0 Å². The molecule has 0 saturated heterocycles. The zero-order valence-electron chi connectivity index (χ0n) is 12.4. The smallest absolute Gasteiger partial charge is 0.280 e. The first-order chi connectivity index (χ1) is 11.6. The Balaban J connectivity index is 1.72. The number of rotatable bonds is 5. The number of amides is 1. The molecule has 0 unspecified atom stereocenters. The molecule has 0 radical (unpaired) electrons. The van der Waals surface area contributed by atoms with Crippen LogP contribution in [0.15, 0.2) is 41.1 Å². The van der Waals surface area contributed by atoms with Gasteiger partial charge in [0.25, 0.3) is 11.6 Å². The van der Waals surface area contributed by atoms with E-state index in [1.807, 2.05) is 0 Å². The number of nitro groups is 1. The molecule has 2 heterocycles. The van der Waals surface area contributed by atoms with Gasteiger partial charge in [-0.25, -0.2) is 4.98 Å². The number of benzene rings is 1. The molecule has 0 aliphatic carbocycles. The molecule has 0 atom stereocenters. The molecule has 0 aliphatic heterocycles. The Hall–Kier alpha value is -2.78. The number of nitrogens with one attached hydrogen (secondary N) is 1.